The Labute approximate surface area is 61.3 Å². The van der Waals surface area contributed by atoms with Crippen LogP contribution in [0.5, 0.6) is 0 Å². The molecule has 0 aliphatic carbocycles. The van der Waals surface area contributed by atoms with E-state index in [2.05, 4.69) is 16.6 Å². The van der Waals surface area contributed by atoms with Crippen LogP contribution in [0.2, 0.25) is 0 Å². The van der Waals surface area contributed by atoms with E-state index in [0.717, 1.165) is 0 Å². The molecule has 0 saturated carbocycles. The number of halogens is 3. The van der Waals surface area contributed by atoms with Crippen molar-refractivity contribution in [2.75, 3.05) is 0 Å². The van der Waals surface area contributed by atoms with Crippen molar-refractivity contribution in [2.24, 2.45) is 5.16 Å². The molecule has 1 aliphatic heterocycles. The Bertz CT molecular complexity index is 218. The van der Waals surface area contributed by atoms with E-state index in [9.17, 15) is 13.2 Å². The van der Waals surface area contributed by atoms with Crippen LogP contribution < -0.4 is 0 Å². The first-order valence-electron chi connectivity index (χ1n) is 2.93. The highest BCUT2D eigenvalue weighted by Gasteiger charge is 2.43. The Kier molecular flexibility index (Phi) is 1.66. The second-order valence-corrected chi connectivity index (χ2v) is 2.21. The molecule has 5 heteroatoms. The van der Waals surface area contributed by atoms with Crippen LogP contribution in [-0.4, -0.2) is 18.0 Å². The summed E-state index contributed by atoms with van der Waals surface area (Å²) in [5.41, 5.74) is -1.12. The van der Waals surface area contributed by atoms with E-state index >= 15 is 0 Å². The maximum atomic E-state index is 11.9. The molecule has 62 valence electrons. The van der Waals surface area contributed by atoms with Gasteiger partial charge in [0.05, 0.1) is 0 Å². The summed E-state index contributed by atoms with van der Waals surface area (Å²) in [7, 11) is 0. The fourth-order valence-corrected chi connectivity index (χ4v) is 0.680. The maximum Gasteiger partial charge on any atom is 0.437 e. The molecule has 0 aromatic rings. The Hall–Kier alpha value is -1.00. The van der Waals surface area contributed by atoms with Crippen molar-refractivity contribution in [2.45, 2.75) is 19.2 Å². The van der Waals surface area contributed by atoms with E-state index < -0.39 is 18.0 Å². The van der Waals surface area contributed by atoms with Crippen molar-refractivity contribution in [1.82, 2.24) is 0 Å². The molecule has 1 aliphatic rings. The predicted molar refractivity (Wildman–Crippen MR) is 33.2 cm³/mol. The van der Waals surface area contributed by atoms with Crippen molar-refractivity contribution in [3.05, 3.63) is 12.2 Å². The van der Waals surface area contributed by atoms with E-state index in [4.69, 9.17) is 0 Å². The van der Waals surface area contributed by atoms with Gasteiger partial charge >= 0.3 is 6.18 Å². The largest absolute Gasteiger partial charge is 0.437 e. The Balaban J connectivity index is 2.85. The molecule has 0 radical (unpaired) electrons. The SMILES string of the molecule is C=C1C(C(F)(F)F)=NOC1C. The molecule has 1 heterocycles. The number of nitrogens with zero attached hydrogens (tertiary/aromatic N) is 1. The lowest BCUT2D eigenvalue weighted by atomic mass is 10.1. The van der Waals surface area contributed by atoms with Crippen molar-refractivity contribution < 1.29 is 18.0 Å². The molecule has 0 bridgehead atoms. The van der Waals surface area contributed by atoms with E-state index in [1.807, 2.05) is 0 Å². The highest BCUT2D eigenvalue weighted by atomic mass is 19.4. The molecule has 0 aromatic heterocycles. The molecule has 11 heavy (non-hydrogen) atoms. The van der Waals surface area contributed by atoms with E-state index in [-0.39, 0.29) is 5.57 Å². The summed E-state index contributed by atoms with van der Waals surface area (Å²) in [6.45, 7) is 4.67. The molecule has 1 rings (SSSR count). The van der Waals surface area contributed by atoms with Crippen LogP contribution in [0.25, 0.3) is 0 Å². The standard InChI is InChI=1S/C6H6F3NO/c1-3-4(2)11-10-5(3)6(7,8)9/h4H,1H2,2H3. The number of hydrogen-bond acceptors (Lipinski definition) is 2. The van der Waals surface area contributed by atoms with Crippen LogP contribution in [0.3, 0.4) is 0 Å². The molecule has 0 fully saturated rings. The summed E-state index contributed by atoms with van der Waals surface area (Å²) in [6, 6.07) is 0. The average Bonchev–Trinajstić information content (AvgIpc) is 2.11. The lowest BCUT2D eigenvalue weighted by molar-refractivity contribution is -0.0589. The van der Waals surface area contributed by atoms with Gasteiger partial charge in [0.2, 0.25) is 0 Å². The van der Waals surface area contributed by atoms with Gasteiger partial charge < -0.3 is 4.84 Å². The molecule has 0 N–H and O–H groups in total. The molecule has 0 spiro atoms. The van der Waals surface area contributed by atoms with Crippen molar-refractivity contribution >= 4 is 5.71 Å². The van der Waals surface area contributed by atoms with Crippen molar-refractivity contribution in [3.8, 4) is 0 Å². The van der Waals surface area contributed by atoms with Crippen molar-refractivity contribution in [3.63, 3.8) is 0 Å². The molecule has 0 aromatic carbocycles. The lowest BCUT2D eigenvalue weighted by Gasteiger charge is -2.05. The monoisotopic (exact) mass is 165 g/mol. The van der Waals surface area contributed by atoms with Gasteiger partial charge in [0, 0.05) is 5.57 Å². The first-order valence-corrected chi connectivity index (χ1v) is 2.93. The minimum atomic E-state index is -4.44. The van der Waals surface area contributed by atoms with Gasteiger partial charge in [-0.05, 0) is 6.92 Å². The molecular weight excluding hydrogens is 159 g/mol. The van der Waals surface area contributed by atoms with Gasteiger partial charge in [0.25, 0.3) is 0 Å². The zero-order chi connectivity index (χ0) is 8.65. The summed E-state index contributed by atoms with van der Waals surface area (Å²) < 4.78 is 35.7. The number of hydrogen-bond donors (Lipinski definition) is 0. The Morgan fingerprint density at radius 2 is 2.09 bits per heavy atom. The van der Waals surface area contributed by atoms with Crippen LogP contribution >= 0.6 is 0 Å². The molecule has 0 amide bonds. The first-order chi connectivity index (χ1) is 4.93. The minimum Gasteiger partial charge on any atom is -0.387 e. The van der Waals surface area contributed by atoms with Crippen LogP contribution in [-0.2, 0) is 4.84 Å². The zero-order valence-corrected chi connectivity index (χ0v) is 5.77. The normalized spacial score (nSPS) is 24.9. The average molecular weight is 165 g/mol. The predicted octanol–water partition coefficient (Wildman–Crippen LogP) is 1.88. The van der Waals surface area contributed by atoms with Gasteiger partial charge in [-0.2, -0.15) is 13.2 Å². The highest BCUT2D eigenvalue weighted by molar-refractivity contribution is 6.05. The quantitative estimate of drug-likeness (QED) is 0.537. The summed E-state index contributed by atoms with van der Waals surface area (Å²) in [5, 5.41) is 2.86. The molecule has 2 nitrogen and oxygen atoms in total. The molecule has 0 saturated heterocycles. The van der Waals surface area contributed by atoms with Gasteiger partial charge in [-0.15, -0.1) is 0 Å². The smallest absolute Gasteiger partial charge is 0.387 e. The number of rotatable bonds is 0. The number of oxime groups is 1. The van der Waals surface area contributed by atoms with E-state index in [1.165, 1.54) is 6.92 Å². The molecule has 1 atom stereocenters. The topological polar surface area (TPSA) is 21.6 Å². The van der Waals surface area contributed by atoms with Crippen molar-refractivity contribution in [1.29, 1.82) is 0 Å². The van der Waals surface area contributed by atoms with Gasteiger partial charge in [-0.3, -0.25) is 0 Å². The van der Waals surface area contributed by atoms with Crippen LogP contribution in [0, 0.1) is 0 Å². The minimum absolute atomic E-state index is 0.113. The number of alkyl halides is 3. The van der Waals surface area contributed by atoms with Crippen LogP contribution in [0.15, 0.2) is 17.3 Å². The lowest BCUT2D eigenvalue weighted by Crippen LogP contribution is -2.24. The van der Waals surface area contributed by atoms with Gasteiger partial charge in [-0.1, -0.05) is 11.7 Å². The summed E-state index contributed by atoms with van der Waals surface area (Å²) in [5.74, 6) is 0. The fourth-order valence-electron chi connectivity index (χ4n) is 0.680. The second-order valence-electron chi connectivity index (χ2n) is 2.21. The zero-order valence-electron chi connectivity index (χ0n) is 5.77. The molecular formula is C6H6F3NO. The summed E-state index contributed by atoms with van der Waals surface area (Å²) in [4.78, 5) is 4.37. The van der Waals surface area contributed by atoms with Gasteiger partial charge in [-0.25, -0.2) is 0 Å². The highest BCUT2D eigenvalue weighted by Crippen LogP contribution is 2.28. The van der Waals surface area contributed by atoms with Gasteiger partial charge in [0.15, 0.2) is 11.8 Å². The van der Waals surface area contributed by atoms with Gasteiger partial charge in [0.1, 0.15) is 0 Å². The Morgan fingerprint density at radius 3 is 2.27 bits per heavy atom. The summed E-state index contributed by atoms with van der Waals surface area (Å²) in [6.07, 6.45) is -5.10. The summed E-state index contributed by atoms with van der Waals surface area (Å²) >= 11 is 0. The second kappa shape index (κ2) is 2.25. The Morgan fingerprint density at radius 1 is 1.55 bits per heavy atom. The fraction of sp³-hybridized carbons (Fsp3) is 0.500. The third kappa shape index (κ3) is 1.36. The molecule has 1 unspecified atom stereocenters. The maximum absolute atomic E-state index is 11.9. The van der Waals surface area contributed by atoms with Crippen LogP contribution in [0.4, 0.5) is 13.2 Å². The third-order valence-corrected chi connectivity index (χ3v) is 1.37. The van der Waals surface area contributed by atoms with Crippen LogP contribution in [0.1, 0.15) is 6.92 Å². The van der Waals surface area contributed by atoms with E-state index in [1.54, 1.807) is 0 Å². The van der Waals surface area contributed by atoms with E-state index in [0.29, 0.717) is 0 Å². The first kappa shape index (κ1) is 8.10. The third-order valence-electron chi connectivity index (χ3n) is 1.37.